The first-order valence-corrected chi connectivity index (χ1v) is 9.04. The lowest BCUT2D eigenvalue weighted by Gasteiger charge is -2.39. The highest BCUT2D eigenvalue weighted by atomic mass is 32.2. The van der Waals surface area contributed by atoms with Crippen molar-refractivity contribution in [3.63, 3.8) is 0 Å². The summed E-state index contributed by atoms with van der Waals surface area (Å²) in [5.74, 6) is 2.43. The van der Waals surface area contributed by atoms with Gasteiger partial charge in [0.2, 0.25) is 0 Å². The normalized spacial score (nSPS) is 32.8. The summed E-state index contributed by atoms with van der Waals surface area (Å²) in [6.07, 6.45) is 5.48. The lowest BCUT2D eigenvalue weighted by Crippen LogP contribution is -2.47. The van der Waals surface area contributed by atoms with Crippen LogP contribution in [0.15, 0.2) is 6.20 Å². The molecule has 2 aliphatic heterocycles. The van der Waals surface area contributed by atoms with Crippen LogP contribution in [0.25, 0.3) is 0 Å². The molecule has 0 aliphatic carbocycles. The van der Waals surface area contributed by atoms with Gasteiger partial charge in [-0.3, -0.25) is 0 Å². The minimum absolute atomic E-state index is 0.166. The summed E-state index contributed by atoms with van der Waals surface area (Å²) in [6.45, 7) is 5.25. The van der Waals surface area contributed by atoms with E-state index in [-0.39, 0.29) is 5.60 Å². The number of ether oxygens (including phenoxy) is 1. The maximum atomic E-state index is 6.07. The van der Waals surface area contributed by atoms with Crippen LogP contribution in [-0.4, -0.2) is 34.7 Å². The Bertz CT molecular complexity index is 429. The quantitative estimate of drug-likeness (QED) is 0.929. The number of thioether (sulfide) groups is 1. The number of thiazole rings is 1. The Kier molecular flexibility index (Phi) is 4.17. The summed E-state index contributed by atoms with van der Waals surface area (Å²) in [7, 11) is 0. The third kappa shape index (κ3) is 3.15. The topological polar surface area (TPSA) is 34.2 Å². The van der Waals surface area contributed by atoms with Crippen LogP contribution in [-0.2, 0) is 4.74 Å². The molecule has 19 heavy (non-hydrogen) atoms. The lowest BCUT2D eigenvalue weighted by atomic mass is 9.89. The molecule has 2 fully saturated rings. The summed E-state index contributed by atoms with van der Waals surface area (Å²) >= 11 is 3.84. The van der Waals surface area contributed by atoms with Gasteiger partial charge >= 0.3 is 0 Å². The molecule has 3 atom stereocenters. The van der Waals surface area contributed by atoms with Gasteiger partial charge in [-0.2, -0.15) is 11.8 Å². The van der Waals surface area contributed by atoms with Gasteiger partial charge < -0.3 is 10.1 Å². The molecular formula is C14H22N2OS2. The first-order valence-electron chi connectivity index (χ1n) is 7.07. The molecule has 1 N–H and O–H groups in total. The second-order valence-corrected chi connectivity index (χ2v) is 8.09. The van der Waals surface area contributed by atoms with E-state index >= 15 is 0 Å². The predicted molar refractivity (Wildman–Crippen MR) is 82.0 cm³/mol. The van der Waals surface area contributed by atoms with E-state index < -0.39 is 0 Å². The van der Waals surface area contributed by atoms with Crippen molar-refractivity contribution in [3.8, 4) is 0 Å². The first-order chi connectivity index (χ1) is 9.17. The molecule has 2 aliphatic rings. The first kappa shape index (κ1) is 13.9. The molecule has 3 nitrogen and oxygen atoms in total. The SMILES string of the molecule is Cc1cnc(C(C)NC2CCOC3(CCSC3)C2)s1. The Morgan fingerprint density at radius 1 is 1.58 bits per heavy atom. The van der Waals surface area contributed by atoms with Crippen molar-refractivity contribution in [1.82, 2.24) is 10.3 Å². The van der Waals surface area contributed by atoms with E-state index in [1.807, 2.05) is 18.0 Å². The van der Waals surface area contributed by atoms with Crippen molar-refractivity contribution in [2.24, 2.45) is 0 Å². The van der Waals surface area contributed by atoms with Crippen molar-refractivity contribution < 1.29 is 4.74 Å². The highest BCUT2D eigenvalue weighted by molar-refractivity contribution is 7.99. The summed E-state index contributed by atoms with van der Waals surface area (Å²) in [4.78, 5) is 5.78. The number of hydrogen-bond acceptors (Lipinski definition) is 5. The number of nitrogens with one attached hydrogen (secondary N) is 1. The van der Waals surface area contributed by atoms with Crippen molar-refractivity contribution in [2.45, 2.75) is 50.8 Å². The Hall–Kier alpha value is -0.100. The minimum Gasteiger partial charge on any atom is -0.374 e. The van der Waals surface area contributed by atoms with Crippen molar-refractivity contribution in [2.75, 3.05) is 18.1 Å². The molecule has 3 heterocycles. The van der Waals surface area contributed by atoms with Gasteiger partial charge in [0.15, 0.2) is 0 Å². The molecule has 3 rings (SSSR count). The third-order valence-corrected chi connectivity index (χ3v) is 6.37. The van der Waals surface area contributed by atoms with Gasteiger partial charge in [0.05, 0.1) is 11.6 Å². The van der Waals surface area contributed by atoms with Crippen molar-refractivity contribution in [1.29, 1.82) is 0 Å². The Balaban J connectivity index is 1.60. The van der Waals surface area contributed by atoms with Gasteiger partial charge in [-0.15, -0.1) is 11.3 Å². The van der Waals surface area contributed by atoms with E-state index in [0.29, 0.717) is 12.1 Å². The largest absolute Gasteiger partial charge is 0.374 e. The molecule has 0 saturated carbocycles. The van der Waals surface area contributed by atoms with E-state index in [1.165, 1.54) is 27.8 Å². The Labute approximate surface area is 123 Å². The van der Waals surface area contributed by atoms with Crippen LogP contribution < -0.4 is 5.32 Å². The van der Waals surface area contributed by atoms with Crippen LogP contribution in [0.3, 0.4) is 0 Å². The van der Waals surface area contributed by atoms with E-state index in [4.69, 9.17) is 4.74 Å². The molecule has 1 spiro atoms. The summed E-state index contributed by atoms with van der Waals surface area (Å²) in [6, 6.07) is 0.930. The highest BCUT2D eigenvalue weighted by Gasteiger charge is 2.40. The van der Waals surface area contributed by atoms with Gasteiger partial charge in [0.1, 0.15) is 5.01 Å². The van der Waals surface area contributed by atoms with Crippen LogP contribution in [0.4, 0.5) is 0 Å². The van der Waals surface area contributed by atoms with Crippen molar-refractivity contribution in [3.05, 3.63) is 16.1 Å². The van der Waals surface area contributed by atoms with Gasteiger partial charge in [-0.25, -0.2) is 4.98 Å². The smallest absolute Gasteiger partial charge is 0.109 e. The maximum absolute atomic E-state index is 6.07. The zero-order valence-electron chi connectivity index (χ0n) is 11.6. The van der Waals surface area contributed by atoms with E-state index in [0.717, 1.165) is 19.4 Å². The highest BCUT2D eigenvalue weighted by Crippen LogP contribution is 2.38. The fourth-order valence-corrected chi connectivity index (χ4v) is 5.19. The average Bonchev–Trinajstić information content (AvgIpc) is 2.99. The van der Waals surface area contributed by atoms with Crippen molar-refractivity contribution >= 4 is 23.1 Å². The van der Waals surface area contributed by atoms with Gasteiger partial charge in [0.25, 0.3) is 0 Å². The molecule has 0 aromatic carbocycles. The summed E-state index contributed by atoms with van der Waals surface area (Å²) in [5.41, 5.74) is 0.166. The van der Waals surface area contributed by atoms with Crippen LogP contribution in [0, 0.1) is 6.92 Å². The molecule has 2 saturated heterocycles. The molecule has 1 aromatic rings. The van der Waals surface area contributed by atoms with Gasteiger partial charge in [-0.1, -0.05) is 0 Å². The molecule has 106 valence electrons. The monoisotopic (exact) mass is 298 g/mol. The second kappa shape index (κ2) is 5.72. The number of hydrogen-bond donors (Lipinski definition) is 1. The maximum Gasteiger partial charge on any atom is 0.109 e. The van der Waals surface area contributed by atoms with E-state index in [2.05, 4.69) is 24.1 Å². The van der Waals surface area contributed by atoms with Crippen LogP contribution in [0.1, 0.15) is 42.1 Å². The van der Waals surface area contributed by atoms with Gasteiger partial charge in [0, 0.05) is 29.5 Å². The fourth-order valence-electron chi connectivity index (χ4n) is 3.03. The summed E-state index contributed by atoms with van der Waals surface area (Å²) in [5, 5.41) is 4.97. The van der Waals surface area contributed by atoms with Crippen LogP contribution in [0.5, 0.6) is 0 Å². The molecule has 3 unspecified atom stereocenters. The van der Waals surface area contributed by atoms with Crippen LogP contribution >= 0.6 is 23.1 Å². The molecule has 0 radical (unpaired) electrons. The van der Waals surface area contributed by atoms with Gasteiger partial charge in [-0.05, 0) is 38.9 Å². The molecule has 1 aromatic heterocycles. The minimum atomic E-state index is 0.166. The number of nitrogens with zero attached hydrogens (tertiary/aromatic N) is 1. The predicted octanol–water partition coefficient (Wildman–Crippen LogP) is 3.16. The van der Waals surface area contributed by atoms with E-state index in [1.54, 1.807) is 11.3 Å². The Morgan fingerprint density at radius 2 is 2.47 bits per heavy atom. The Morgan fingerprint density at radius 3 is 3.16 bits per heavy atom. The molecule has 0 bridgehead atoms. The standard InChI is InChI=1S/C14H22N2OS2/c1-10-8-15-13(19-10)11(2)16-12-3-5-17-14(7-12)4-6-18-9-14/h8,11-12,16H,3-7,9H2,1-2H3. The molecular weight excluding hydrogens is 276 g/mol. The lowest BCUT2D eigenvalue weighted by molar-refractivity contribution is -0.0711. The van der Waals surface area contributed by atoms with Crippen LogP contribution in [0.2, 0.25) is 0 Å². The van der Waals surface area contributed by atoms with E-state index in [9.17, 15) is 0 Å². The third-order valence-electron chi connectivity index (χ3n) is 4.06. The summed E-state index contributed by atoms with van der Waals surface area (Å²) < 4.78 is 6.07. The second-order valence-electron chi connectivity index (χ2n) is 5.72. The zero-order chi connectivity index (χ0) is 13.3. The number of aromatic nitrogens is 1. The number of rotatable bonds is 3. The molecule has 5 heteroatoms. The zero-order valence-corrected chi connectivity index (χ0v) is 13.3. The average molecular weight is 298 g/mol. The number of aryl methyl sites for hydroxylation is 1. The molecule has 0 amide bonds. The fraction of sp³-hybridized carbons (Fsp3) is 0.786.